The second-order valence-corrected chi connectivity index (χ2v) is 4.50. The smallest absolute Gasteiger partial charge is 0.0991 e. The van der Waals surface area contributed by atoms with Crippen molar-refractivity contribution in [1.29, 1.82) is 5.26 Å². The van der Waals surface area contributed by atoms with Crippen LogP contribution < -0.4 is 5.32 Å². The summed E-state index contributed by atoms with van der Waals surface area (Å²) >= 11 is 3.29. The molecule has 2 nitrogen and oxygen atoms in total. The number of nitrogens with zero attached hydrogens (tertiary/aromatic N) is 1. The summed E-state index contributed by atoms with van der Waals surface area (Å²) in [5.41, 5.74) is 3.06. The van der Waals surface area contributed by atoms with Gasteiger partial charge in [-0.05, 0) is 30.2 Å². The van der Waals surface area contributed by atoms with Gasteiger partial charge in [-0.25, -0.2) is 0 Å². The summed E-state index contributed by atoms with van der Waals surface area (Å²) in [5, 5.41) is 12.0. The third-order valence-corrected chi connectivity index (χ3v) is 2.38. The molecule has 0 aliphatic heterocycles. The fraction of sp³-hybridized carbons (Fsp3) is 0.250. The summed E-state index contributed by atoms with van der Waals surface area (Å²) in [4.78, 5) is 0. The first kappa shape index (κ1) is 12.0. The maximum absolute atomic E-state index is 8.72. The van der Waals surface area contributed by atoms with E-state index in [1.807, 2.05) is 25.1 Å². The number of benzene rings is 1. The van der Waals surface area contributed by atoms with Crippen molar-refractivity contribution in [3.63, 3.8) is 0 Å². The number of nitrogens with one attached hydrogen (secondary N) is 1. The van der Waals surface area contributed by atoms with Crippen LogP contribution in [0.2, 0.25) is 0 Å². The first-order valence-electron chi connectivity index (χ1n) is 4.67. The number of rotatable bonds is 4. The lowest BCUT2D eigenvalue weighted by molar-refractivity contribution is 0.753. The molecule has 0 aromatic heterocycles. The number of nitriles is 1. The minimum atomic E-state index is 0.709. The Morgan fingerprint density at radius 3 is 2.87 bits per heavy atom. The van der Waals surface area contributed by atoms with E-state index in [4.69, 9.17) is 5.26 Å². The van der Waals surface area contributed by atoms with E-state index in [-0.39, 0.29) is 0 Å². The largest absolute Gasteiger partial charge is 0.308 e. The highest BCUT2D eigenvalue weighted by atomic mass is 79.9. The van der Waals surface area contributed by atoms with E-state index in [0.717, 1.165) is 23.1 Å². The second kappa shape index (κ2) is 5.69. The fourth-order valence-electron chi connectivity index (χ4n) is 1.30. The molecule has 0 spiro atoms. The number of hydrogen-bond acceptors (Lipinski definition) is 2. The van der Waals surface area contributed by atoms with Crippen LogP contribution in [0.5, 0.6) is 0 Å². The summed E-state index contributed by atoms with van der Waals surface area (Å²) in [6, 6.07) is 7.85. The Hall–Kier alpha value is -1.11. The van der Waals surface area contributed by atoms with Gasteiger partial charge in [0.05, 0.1) is 11.6 Å². The molecule has 0 bridgehead atoms. The molecule has 0 unspecified atom stereocenters. The Morgan fingerprint density at radius 2 is 2.33 bits per heavy atom. The van der Waals surface area contributed by atoms with Gasteiger partial charge in [-0.15, -0.1) is 0 Å². The highest BCUT2D eigenvalue weighted by molar-refractivity contribution is 9.11. The SMILES string of the molecule is C=C(Br)CNCc1ccc(C#N)cc1C. The minimum absolute atomic E-state index is 0.709. The fourth-order valence-corrected chi connectivity index (χ4v) is 1.49. The summed E-state index contributed by atoms with van der Waals surface area (Å²) in [5.74, 6) is 0. The van der Waals surface area contributed by atoms with Gasteiger partial charge in [-0.1, -0.05) is 28.6 Å². The molecule has 0 saturated carbocycles. The van der Waals surface area contributed by atoms with Crippen LogP contribution in [-0.2, 0) is 6.54 Å². The number of aryl methyl sites for hydroxylation is 1. The van der Waals surface area contributed by atoms with E-state index < -0.39 is 0 Å². The van der Waals surface area contributed by atoms with E-state index in [1.54, 1.807) is 0 Å². The van der Waals surface area contributed by atoms with Gasteiger partial charge in [0.25, 0.3) is 0 Å². The average molecular weight is 265 g/mol. The van der Waals surface area contributed by atoms with Crippen LogP contribution in [0.25, 0.3) is 0 Å². The Morgan fingerprint density at radius 1 is 1.60 bits per heavy atom. The van der Waals surface area contributed by atoms with Crippen molar-refractivity contribution in [3.8, 4) is 6.07 Å². The van der Waals surface area contributed by atoms with Gasteiger partial charge in [0.15, 0.2) is 0 Å². The molecule has 0 radical (unpaired) electrons. The van der Waals surface area contributed by atoms with Gasteiger partial charge in [0.1, 0.15) is 0 Å². The zero-order valence-corrected chi connectivity index (χ0v) is 10.3. The molecule has 0 saturated heterocycles. The van der Waals surface area contributed by atoms with Crippen molar-refractivity contribution < 1.29 is 0 Å². The zero-order chi connectivity index (χ0) is 11.3. The van der Waals surface area contributed by atoms with Crippen molar-refractivity contribution in [2.45, 2.75) is 13.5 Å². The van der Waals surface area contributed by atoms with Crippen molar-refractivity contribution in [1.82, 2.24) is 5.32 Å². The Bertz CT molecular complexity index is 405. The van der Waals surface area contributed by atoms with E-state index in [2.05, 4.69) is 33.9 Å². The quantitative estimate of drug-likeness (QED) is 0.908. The average Bonchev–Trinajstić information content (AvgIpc) is 2.20. The molecule has 0 amide bonds. The molecule has 0 atom stereocenters. The lowest BCUT2D eigenvalue weighted by Crippen LogP contribution is -2.15. The molecule has 0 heterocycles. The number of hydrogen-bond donors (Lipinski definition) is 1. The molecule has 1 N–H and O–H groups in total. The van der Waals surface area contributed by atoms with Crippen molar-refractivity contribution in [2.24, 2.45) is 0 Å². The minimum Gasteiger partial charge on any atom is -0.308 e. The summed E-state index contributed by atoms with van der Waals surface area (Å²) in [7, 11) is 0. The third-order valence-electron chi connectivity index (χ3n) is 2.10. The molecule has 3 heteroatoms. The molecule has 0 fully saturated rings. The molecule has 0 aliphatic carbocycles. The van der Waals surface area contributed by atoms with Crippen LogP contribution in [0.1, 0.15) is 16.7 Å². The third kappa shape index (κ3) is 3.86. The molecule has 1 rings (SSSR count). The van der Waals surface area contributed by atoms with E-state index >= 15 is 0 Å². The molecule has 78 valence electrons. The van der Waals surface area contributed by atoms with Crippen molar-refractivity contribution in [2.75, 3.05) is 6.54 Å². The van der Waals surface area contributed by atoms with E-state index in [1.165, 1.54) is 5.56 Å². The lowest BCUT2D eigenvalue weighted by Gasteiger charge is -2.07. The van der Waals surface area contributed by atoms with Crippen LogP contribution in [-0.4, -0.2) is 6.54 Å². The van der Waals surface area contributed by atoms with Gasteiger partial charge in [-0.3, -0.25) is 0 Å². The first-order chi connectivity index (χ1) is 7.13. The van der Waals surface area contributed by atoms with Crippen LogP contribution in [0.3, 0.4) is 0 Å². The summed E-state index contributed by atoms with van der Waals surface area (Å²) < 4.78 is 0.939. The second-order valence-electron chi connectivity index (χ2n) is 3.37. The Balaban J connectivity index is 2.63. The lowest BCUT2D eigenvalue weighted by atomic mass is 10.1. The molecule has 1 aromatic rings. The first-order valence-corrected chi connectivity index (χ1v) is 5.46. The van der Waals surface area contributed by atoms with E-state index in [0.29, 0.717) is 5.56 Å². The van der Waals surface area contributed by atoms with Crippen LogP contribution in [0.4, 0.5) is 0 Å². The maximum atomic E-state index is 8.72. The molecule has 1 aromatic carbocycles. The van der Waals surface area contributed by atoms with Gasteiger partial charge in [0.2, 0.25) is 0 Å². The highest BCUT2D eigenvalue weighted by Gasteiger charge is 1.99. The Kier molecular flexibility index (Phi) is 4.54. The van der Waals surface area contributed by atoms with Crippen molar-refractivity contribution >= 4 is 15.9 Å². The highest BCUT2D eigenvalue weighted by Crippen LogP contribution is 2.10. The zero-order valence-electron chi connectivity index (χ0n) is 8.68. The maximum Gasteiger partial charge on any atom is 0.0991 e. The van der Waals surface area contributed by atoms with E-state index in [9.17, 15) is 0 Å². The van der Waals surface area contributed by atoms with Crippen LogP contribution in [0.15, 0.2) is 29.3 Å². The van der Waals surface area contributed by atoms with Gasteiger partial charge in [-0.2, -0.15) is 5.26 Å². The topological polar surface area (TPSA) is 35.8 Å². The molecule has 0 aliphatic rings. The summed E-state index contributed by atoms with van der Waals surface area (Å²) in [6.45, 7) is 7.31. The van der Waals surface area contributed by atoms with Crippen molar-refractivity contribution in [3.05, 3.63) is 46.0 Å². The predicted octanol–water partition coefficient (Wildman–Crippen LogP) is 2.86. The van der Waals surface area contributed by atoms with Crippen LogP contribution in [0, 0.1) is 18.3 Å². The monoisotopic (exact) mass is 264 g/mol. The van der Waals surface area contributed by atoms with Gasteiger partial charge < -0.3 is 5.32 Å². The standard InChI is InChI=1S/C12H13BrN2/c1-9-5-11(6-14)3-4-12(9)8-15-7-10(2)13/h3-5,15H,2,7-8H2,1H3. The van der Waals surface area contributed by atoms with Gasteiger partial charge >= 0.3 is 0 Å². The molecular weight excluding hydrogens is 252 g/mol. The number of halogens is 1. The molecule has 15 heavy (non-hydrogen) atoms. The predicted molar refractivity (Wildman–Crippen MR) is 65.7 cm³/mol. The van der Waals surface area contributed by atoms with Gasteiger partial charge in [0, 0.05) is 17.6 Å². The molecular formula is C12H13BrN2. The Labute approximate surface area is 98.7 Å². The summed E-state index contributed by atoms with van der Waals surface area (Å²) in [6.07, 6.45) is 0. The van der Waals surface area contributed by atoms with Crippen LogP contribution >= 0.6 is 15.9 Å². The normalized spacial score (nSPS) is 9.67.